The van der Waals surface area contributed by atoms with Crippen LogP contribution in [0.4, 0.5) is 4.79 Å². The average Bonchev–Trinajstić information content (AvgIpc) is 3.23. The zero-order chi connectivity index (χ0) is 20.9. The average molecular weight is 423 g/mol. The normalized spacial score (nSPS) is 17.4. The van der Waals surface area contributed by atoms with Crippen molar-refractivity contribution in [3.8, 4) is 5.75 Å². The van der Waals surface area contributed by atoms with Crippen LogP contribution in [0.1, 0.15) is 29.0 Å². The van der Waals surface area contributed by atoms with Crippen molar-refractivity contribution in [2.75, 3.05) is 25.2 Å². The molecule has 156 valence electrons. The predicted molar refractivity (Wildman–Crippen MR) is 120 cm³/mol. The van der Waals surface area contributed by atoms with Gasteiger partial charge in [-0.25, -0.2) is 9.78 Å². The number of aromatic nitrogens is 2. The summed E-state index contributed by atoms with van der Waals surface area (Å²) in [5.74, 6) is 3.35. The number of ether oxygens (including phenoxy) is 1. The van der Waals surface area contributed by atoms with Gasteiger partial charge in [-0.3, -0.25) is 0 Å². The van der Waals surface area contributed by atoms with Gasteiger partial charge in [0.2, 0.25) is 0 Å². The summed E-state index contributed by atoms with van der Waals surface area (Å²) in [6.45, 7) is 0.710. The standard InChI is InChI=1S/C23H26N4O2S/c1-26-12-11-24-22(26)21(18-9-6-10-19(15-18)29-2)25-23(28)27-13-14-30-16-20(27)17-7-4-3-5-8-17/h3-12,15,20-21H,13-14,16H2,1-2H3,(H,25,28). The molecule has 1 aliphatic heterocycles. The molecule has 1 saturated heterocycles. The molecule has 0 saturated carbocycles. The lowest BCUT2D eigenvalue weighted by molar-refractivity contribution is 0.179. The van der Waals surface area contributed by atoms with E-state index < -0.39 is 0 Å². The van der Waals surface area contributed by atoms with Crippen LogP contribution in [-0.2, 0) is 7.05 Å². The van der Waals surface area contributed by atoms with E-state index in [0.717, 1.165) is 34.2 Å². The highest BCUT2D eigenvalue weighted by molar-refractivity contribution is 7.99. The van der Waals surface area contributed by atoms with Crippen LogP contribution in [0.3, 0.4) is 0 Å². The van der Waals surface area contributed by atoms with Crippen molar-refractivity contribution >= 4 is 17.8 Å². The Bertz CT molecular complexity index is 992. The molecule has 0 bridgehead atoms. The van der Waals surface area contributed by atoms with E-state index in [1.165, 1.54) is 0 Å². The van der Waals surface area contributed by atoms with E-state index in [2.05, 4.69) is 22.4 Å². The van der Waals surface area contributed by atoms with E-state index in [-0.39, 0.29) is 18.1 Å². The van der Waals surface area contributed by atoms with E-state index in [9.17, 15) is 4.79 Å². The number of nitrogens with one attached hydrogen (secondary N) is 1. The highest BCUT2D eigenvalue weighted by Gasteiger charge is 2.31. The van der Waals surface area contributed by atoms with Crippen LogP contribution in [0.15, 0.2) is 67.0 Å². The van der Waals surface area contributed by atoms with E-state index in [0.29, 0.717) is 6.54 Å². The second kappa shape index (κ2) is 9.26. The van der Waals surface area contributed by atoms with Crippen LogP contribution >= 0.6 is 11.8 Å². The summed E-state index contributed by atoms with van der Waals surface area (Å²) >= 11 is 1.88. The lowest BCUT2D eigenvalue weighted by Gasteiger charge is -2.36. The van der Waals surface area contributed by atoms with Crippen LogP contribution in [0.2, 0.25) is 0 Å². The number of aryl methyl sites for hydroxylation is 1. The van der Waals surface area contributed by atoms with Crippen molar-refractivity contribution < 1.29 is 9.53 Å². The summed E-state index contributed by atoms with van der Waals surface area (Å²) in [5.41, 5.74) is 2.09. The predicted octanol–water partition coefficient (Wildman–Crippen LogP) is 4.02. The van der Waals surface area contributed by atoms with Gasteiger partial charge < -0.3 is 19.5 Å². The lowest BCUT2D eigenvalue weighted by Crippen LogP contribution is -2.47. The Hall–Kier alpha value is -2.93. The van der Waals surface area contributed by atoms with Crippen LogP contribution < -0.4 is 10.1 Å². The maximum absolute atomic E-state index is 13.5. The van der Waals surface area contributed by atoms with Crippen molar-refractivity contribution in [3.63, 3.8) is 0 Å². The number of methoxy groups -OCH3 is 1. The first-order valence-electron chi connectivity index (χ1n) is 9.98. The maximum atomic E-state index is 13.5. The number of amides is 2. The summed E-state index contributed by atoms with van der Waals surface area (Å²) < 4.78 is 7.33. The van der Waals surface area contributed by atoms with E-state index in [1.54, 1.807) is 13.3 Å². The zero-order valence-electron chi connectivity index (χ0n) is 17.2. The third-order valence-electron chi connectivity index (χ3n) is 5.39. The molecule has 30 heavy (non-hydrogen) atoms. The van der Waals surface area contributed by atoms with Crippen molar-refractivity contribution in [3.05, 3.63) is 83.9 Å². The molecule has 1 aromatic heterocycles. The molecule has 2 unspecified atom stereocenters. The number of thioether (sulfide) groups is 1. The minimum atomic E-state index is -0.376. The highest BCUT2D eigenvalue weighted by Crippen LogP contribution is 2.31. The molecule has 7 heteroatoms. The number of carbonyl (C=O) groups excluding carboxylic acids is 1. The van der Waals surface area contributed by atoms with Crippen molar-refractivity contribution in [2.45, 2.75) is 12.1 Å². The van der Waals surface area contributed by atoms with Gasteiger partial charge in [0.1, 0.15) is 17.6 Å². The summed E-state index contributed by atoms with van der Waals surface area (Å²) in [6.07, 6.45) is 3.64. The number of hydrogen-bond donors (Lipinski definition) is 1. The SMILES string of the molecule is COc1cccc(C(NC(=O)N2CCSCC2c2ccccc2)c2nccn2C)c1. The highest BCUT2D eigenvalue weighted by atomic mass is 32.2. The first-order chi connectivity index (χ1) is 14.7. The van der Waals surface area contributed by atoms with Crippen LogP contribution in [0, 0.1) is 0 Å². The Morgan fingerprint density at radius 1 is 1.23 bits per heavy atom. The molecule has 2 heterocycles. The number of urea groups is 1. The maximum Gasteiger partial charge on any atom is 0.318 e. The van der Waals surface area contributed by atoms with Gasteiger partial charge in [0.25, 0.3) is 0 Å². The van der Waals surface area contributed by atoms with Crippen molar-refractivity contribution in [2.24, 2.45) is 7.05 Å². The Morgan fingerprint density at radius 3 is 2.80 bits per heavy atom. The number of nitrogens with zero attached hydrogens (tertiary/aromatic N) is 3. The second-order valence-corrected chi connectivity index (χ2v) is 8.40. The summed E-state index contributed by atoms with van der Waals surface area (Å²) in [7, 11) is 3.58. The Kier molecular flexibility index (Phi) is 6.28. The molecule has 2 atom stereocenters. The molecule has 1 N–H and O–H groups in total. The quantitative estimate of drug-likeness (QED) is 0.675. The number of carbonyl (C=O) groups is 1. The van der Waals surface area contributed by atoms with E-state index >= 15 is 0 Å². The molecular formula is C23H26N4O2S. The molecule has 0 aliphatic carbocycles. The van der Waals surface area contributed by atoms with Gasteiger partial charge >= 0.3 is 6.03 Å². The minimum Gasteiger partial charge on any atom is -0.497 e. The summed E-state index contributed by atoms with van der Waals surface area (Å²) in [6, 6.07) is 17.6. The fourth-order valence-corrected chi connectivity index (χ4v) is 4.87. The van der Waals surface area contributed by atoms with Gasteiger partial charge in [0, 0.05) is 37.5 Å². The largest absolute Gasteiger partial charge is 0.497 e. The third kappa shape index (κ3) is 4.31. The Balaban J connectivity index is 1.63. The van der Waals surface area contributed by atoms with Gasteiger partial charge in [-0.05, 0) is 23.3 Å². The number of benzene rings is 2. The molecular weight excluding hydrogens is 396 g/mol. The Morgan fingerprint density at radius 2 is 2.07 bits per heavy atom. The number of hydrogen-bond acceptors (Lipinski definition) is 4. The number of rotatable bonds is 5. The van der Waals surface area contributed by atoms with E-state index in [4.69, 9.17) is 4.74 Å². The minimum absolute atomic E-state index is 0.0530. The molecule has 0 spiro atoms. The summed E-state index contributed by atoms with van der Waals surface area (Å²) in [5, 5.41) is 3.24. The van der Waals surface area contributed by atoms with E-state index in [1.807, 2.05) is 76.9 Å². The topological polar surface area (TPSA) is 59.4 Å². The van der Waals surface area contributed by atoms with Crippen molar-refractivity contribution in [1.29, 1.82) is 0 Å². The van der Waals surface area contributed by atoms with Gasteiger partial charge in [-0.15, -0.1) is 0 Å². The molecule has 4 rings (SSSR count). The first-order valence-corrected chi connectivity index (χ1v) is 11.1. The van der Waals surface area contributed by atoms with Crippen LogP contribution in [-0.4, -0.2) is 45.6 Å². The van der Waals surface area contributed by atoms with Crippen molar-refractivity contribution in [1.82, 2.24) is 19.8 Å². The zero-order valence-corrected chi connectivity index (χ0v) is 18.0. The third-order valence-corrected chi connectivity index (χ3v) is 6.41. The fraction of sp³-hybridized carbons (Fsp3) is 0.304. The fourth-order valence-electron chi connectivity index (χ4n) is 3.78. The summed E-state index contributed by atoms with van der Waals surface area (Å²) in [4.78, 5) is 19.9. The molecule has 6 nitrogen and oxygen atoms in total. The van der Waals surface area contributed by atoms with Gasteiger partial charge in [0.15, 0.2) is 0 Å². The van der Waals surface area contributed by atoms with Crippen LogP contribution in [0.5, 0.6) is 5.75 Å². The molecule has 2 aromatic carbocycles. The lowest BCUT2D eigenvalue weighted by atomic mass is 10.0. The first kappa shape index (κ1) is 20.3. The molecule has 0 radical (unpaired) electrons. The molecule has 3 aromatic rings. The molecule has 2 amide bonds. The number of imidazole rings is 1. The second-order valence-electron chi connectivity index (χ2n) is 7.25. The monoisotopic (exact) mass is 422 g/mol. The van der Waals surface area contributed by atoms with Gasteiger partial charge in [-0.2, -0.15) is 11.8 Å². The molecule has 1 aliphatic rings. The van der Waals surface area contributed by atoms with Crippen LogP contribution in [0.25, 0.3) is 0 Å². The molecule has 1 fully saturated rings. The smallest absolute Gasteiger partial charge is 0.318 e. The Labute approximate surface area is 181 Å². The van der Waals surface area contributed by atoms with Gasteiger partial charge in [-0.1, -0.05) is 42.5 Å². The van der Waals surface area contributed by atoms with Gasteiger partial charge in [0.05, 0.1) is 13.2 Å².